The summed E-state index contributed by atoms with van der Waals surface area (Å²) in [5, 5.41) is 3.24. The molecule has 0 aliphatic carbocycles. The van der Waals surface area contributed by atoms with Gasteiger partial charge in [-0.1, -0.05) is 17.7 Å². The first-order valence-corrected chi connectivity index (χ1v) is 7.68. The summed E-state index contributed by atoms with van der Waals surface area (Å²) < 4.78 is 26.9. The number of rotatable bonds is 2. The Hall–Kier alpha value is -0.910. The minimum absolute atomic E-state index is 0.0138. The monoisotopic (exact) mass is 268 g/mol. The maximum atomic E-state index is 12.6. The SMILES string of the molecule is Cc1ccc(S(=O)(=O)N2C(C)CNCC2C)cc1. The van der Waals surface area contributed by atoms with Crippen molar-refractivity contribution in [1.82, 2.24) is 9.62 Å². The Kier molecular flexibility index (Phi) is 3.75. The van der Waals surface area contributed by atoms with Crippen LogP contribution in [0, 0.1) is 6.92 Å². The minimum atomic E-state index is -3.38. The molecule has 1 saturated heterocycles. The van der Waals surface area contributed by atoms with Crippen LogP contribution in [0.25, 0.3) is 0 Å². The molecule has 1 heterocycles. The quantitative estimate of drug-likeness (QED) is 0.881. The molecule has 5 heteroatoms. The van der Waals surface area contributed by atoms with Gasteiger partial charge in [0.1, 0.15) is 0 Å². The number of aryl methyl sites for hydroxylation is 1. The molecule has 0 amide bonds. The van der Waals surface area contributed by atoms with E-state index in [0.717, 1.165) is 5.56 Å². The van der Waals surface area contributed by atoms with Crippen molar-refractivity contribution in [3.63, 3.8) is 0 Å². The van der Waals surface area contributed by atoms with Gasteiger partial charge in [0.15, 0.2) is 0 Å². The smallest absolute Gasteiger partial charge is 0.243 e. The first kappa shape index (κ1) is 13.5. The Morgan fingerprint density at radius 1 is 1.11 bits per heavy atom. The molecule has 2 atom stereocenters. The lowest BCUT2D eigenvalue weighted by Gasteiger charge is -2.38. The van der Waals surface area contributed by atoms with Crippen molar-refractivity contribution in [2.75, 3.05) is 13.1 Å². The van der Waals surface area contributed by atoms with Gasteiger partial charge in [0.25, 0.3) is 0 Å². The van der Waals surface area contributed by atoms with Gasteiger partial charge in [-0.05, 0) is 32.9 Å². The third-order valence-corrected chi connectivity index (χ3v) is 5.49. The average Bonchev–Trinajstić information content (AvgIpc) is 2.29. The first-order valence-electron chi connectivity index (χ1n) is 6.24. The van der Waals surface area contributed by atoms with Crippen molar-refractivity contribution >= 4 is 10.0 Å². The van der Waals surface area contributed by atoms with Crippen LogP contribution in [0.1, 0.15) is 19.4 Å². The highest BCUT2D eigenvalue weighted by atomic mass is 32.2. The summed E-state index contributed by atoms with van der Waals surface area (Å²) in [5.41, 5.74) is 1.07. The van der Waals surface area contributed by atoms with Gasteiger partial charge in [-0.3, -0.25) is 0 Å². The fourth-order valence-electron chi connectivity index (χ4n) is 2.42. The maximum Gasteiger partial charge on any atom is 0.243 e. The largest absolute Gasteiger partial charge is 0.314 e. The maximum absolute atomic E-state index is 12.6. The molecule has 4 nitrogen and oxygen atoms in total. The molecule has 1 aliphatic heterocycles. The van der Waals surface area contributed by atoms with E-state index in [2.05, 4.69) is 5.32 Å². The molecule has 2 unspecified atom stereocenters. The average molecular weight is 268 g/mol. The van der Waals surface area contributed by atoms with Crippen LogP contribution in [0.3, 0.4) is 0 Å². The number of piperazine rings is 1. The Morgan fingerprint density at radius 2 is 1.61 bits per heavy atom. The first-order chi connectivity index (χ1) is 8.43. The van der Waals surface area contributed by atoms with Crippen LogP contribution in [-0.4, -0.2) is 37.9 Å². The van der Waals surface area contributed by atoms with Crippen molar-refractivity contribution in [2.45, 2.75) is 37.8 Å². The predicted octanol–water partition coefficient (Wildman–Crippen LogP) is 1.37. The zero-order valence-electron chi connectivity index (χ0n) is 11.1. The standard InChI is InChI=1S/C13H20N2O2S/c1-10-4-6-13(7-5-10)18(16,17)15-11(2)8-14-9-12(15)3/h4-7,11-12,14H,8-9H2,1-3H3. The fourth-order valence-corrected chi connectivity index (χ4v) is 4.24. The minimum Gasteiger partial charge on any atom is -0.314 e. The summed E-state index contributed by atoms with van der Waals surface area (Å²) in [6.45, 7) is 7.24. The van der Waals surface area contributed by atoms with Gasteiger partial charge in [0, 0.05) is 25.2 Å². The second-order valence-electron chi connectivity index (χ2n) is 5.00. The molecule has 1 fully saturated rings. The molecule has 0 spiro atoms. The molecule has 18 heavy (non-hydrogen) atoms. The van der Waals surface area contributed by atoms with Crippen LogP contribution in [-0.2, 0) is 10.0 Å². The molecule has 1 aromatic rings. The van der Waals surface area contributed by atoms with Gasteiger partial charge in [0.05, 0.1) is 4.90 Å². The summed E-state index contributed by atoms with van der Waals surface area (Å²) in [5.74, 6) is 0. The Bertz CT molecular complexity index is 500. The third kappa shape index (κ3) is 2.43. The lowest BCUT2D eigenvalue weighted by atomic mass is 10.2. The number of hydrogen-bond acceptors (Lipinski definition) is 3. The highest BCUT2D eigenvalue weighted by molar-refractivity contribution is 7.89. The second-order valence-corrected chi connectivity index (χ2v) is 6.85. The van der Waals surface area contributed by atoms with Crippen LogP contribution in [0.4, 0.5) is 0 Å². The van der Waals surface area contributed by atoms with Gasteiger partial charge in [-0.2, -0.15) is 4.31 Å². The van der Waals surface area contributed by atoms with Crippen LogP contribution < -0.4 is 5.32 Å². The Labute approximate surface area is 109 Å². The number of benzene rings is 1. The van der Waals surface area contributed by atoms with Crippen LogP contribution in [0.2, 0.25) is 0 Å². The van der Waals surface area contributed by atoms with Crippen molar-refractivity contribution in [3.8, 4) is 0 Å². The van der Waals surface area contributed by atoms with Crippen molar-refractivity contribution < 1.29 is 8.42 Å². The summed E-state index contributed by atoms with van der Waals surface area (Å²) in [4.78, 5) is 0.383. The number of nitrogens with zero attached hydrogens (tertiary/aromatic N) is 1. The lowest BCUT2D eigenvalue weighted by molar-refractivity contribution is 0.220. The summed E-state index contributed by atoms with van der Waals surface area (Å²) >= 11 is 0. The topological polar surface area (TPSA) is 49.4 Å². The van der Waals surface area contributed by atoms with Gasteiger partial charge in [-0.15, -0.1) is 0 Å². The molecule has 2 rings (SSSR count). The highest BCUT2D eigenvalue weighted by Crippen LogP contribution is 2.22. The Morgan fingerprint density at radius 3 is 2.11 bits per heavy atom. The molecule has 1 aliphatic rings. The molecule has 0 bridgehead atoms. The van der Waals surface area contributed by atoms with Crippen LogP contribution in [0.15, 0.2) is 29.2 Å². The predicted molar refractivity (Wildman–Crippen MR) is 72.0 cm³/mol. The Balaban J connectivity index is 2.38. The normalized spacial score (nSPS) is 26.2. The van der Waals surface area contributed by atoms with E-state index < -0.39 is 10.0 Å². The zero-order valence-corrected chi connectivity index (χ0v) is 11.9. The number of hydrogen-bond donors (Lipinski definition) is 1. The van der Waals surface area contributed by atoms with Crippen molar-refractivity contribution in [3.05, 3.63) is 29.8 Å². The summed E-state index contributed by atoms with van der Waals surface area (Å²) in [6.07, 6.45) is 0. The molecule has 1 N–H and O–H groups in total. The molecule has 0 aromatic heterocycles. The number of nitrogens with one attached hydrogen (secondary N) is 1. The molecule has 1 aromatic carbocycles. The van der Waals surface area contributed by atoms with Crippen molar-refractivity contribution in [1.29, 1.82) is 0 Å². The van der Waals surface area contributed by atoms with Crippen molar-refractivity contribution in [2.24, 2.45) is 0 Å². The summed E-state index contributed by atoms with van der Waals surface area (Å²) in [6, 6.07) is 7.02. The van der Waals surface area contributed by atoms with E-state index in [4.69, 9.17) is 0 Å². The van der Waals surface area contributed by atoms with E-state index in [1.807, 2.05) is 32.9 Å². The lowest BCUT2D eigenvalue weighted by Crippen LogP contribution is -2.57. The number of sulfonamides is 1. The van der Waals surface area contributed by atoms with E-state index >= 15 is 0 Å². The fraction of sp³-hybridized carbons (Fsp3) is 0.538. The van der Waals surface area contributed by atoms with Gasteiger partial charge in [0.2, 0.25) is 10.0 Å². The zero-order chi connectivity index (χ0) is 13.3. The van der Waals surface area contributed by atoms with Gasteiger partial charge in [-0.25, -0.2) is 8.42 Å². The molecular weight excluding hydrogens is 248 g/mol. The van der Waals surface area contributed by atoms with E-state index in [0.29, 0.717) is 18.0 Å². The van der Waals surface area contributed by atoms with Crippen LogP contribution in [0.5, 0.6) is 0 Å². The molecule has 100 valence electrons. The van der Waals surface area contributed by atoms with E-state index in [1.165, 1.54) is 0 Å². The summed E-state index contributed by atoms with van der Waals surface area (Å²) in [7, 11) is -3.38. The molecule has 0 radical (unpaired) electrons. The van der Waals surface area contributed by atoms with E-state index in [-0.39, 0.29) is 12.1 Å². The van der Waals surface area contributed by atoms with Gasteiger partial charge < -0.3 is 5.32 Å². The second kappa shape index (κ2) is 4.99. The third-order valence-electron chi connectivity index (χ3n) is 3.34. The van der Waals surface area contributed by atoms with Gasteiger partial charge >= 0.3 is 0 Å². The van der Waals surface area contributed by atoms with E-state index in [9.17, 15) is 8.42 Å². The molecule has 0 saturated carbocycles. The highest BCUT2D eigenvalue weighted by Gasteiger charge is 2.35. The molecular formula is C13H20N2O2S. The van der Waals surface area contributed by atoms with E-state index in [1.54, 1.807) is 16.4 Å². The van der Waals surface area contributed by atoms with Crippen LogP contribution >= 0.6 is 0 Å².